The standard InChI is InChI=1S/C17H21N3O3/c1-3-23-17(22)13-5-4-7-20(10-13)16(21)14-11-19-8-6-12(2)9-15(19)18-14/h6,8-9,11,13H,3-5,7,10H2,1-2H3. The minimum absolute atomic E-state index is 0.125. The lowest BCUT2D eigenvalue weighted by atomic mass is 9.98. The molecule has 1 aliphatic heterocycles. The SMILES string of the molecule is CCOC(=O)C1CCCN(C(=O)c2cn3ccc(C)cc3n2)C1. The van der Waals surface area contributed by atoms with Gasteiger partial charge in [0.25, 0.3) is 5.91 Å². The number of likely N-dealkylation sites (tertiary alicyclic amines) is 1. The van der Waals surface area contributed by atoms with Crippen LogP contribution in [0.3, 0.4) is 0 Å². The molecule has 1 unspecified atom stereocenters. The first-order chi connectivity index (χ1) is 11.1. The minimum atomic E-state index is -0.230. The maximum atomic E-state index is 12.7. The highest BCUT2D eigenvalue weighted by Crippen LogP contribution is 2.20. The second kappa shape index (κ2) is 6.40. The van der Waals surface area contributed by atoms with Crippen molar-refractivity contribution in [1.29, 1.82) is 0 Å². The van der Waals surface area contributed by atoms with Gasteiger partial charge in [0.15, 0.2) is 0 Å². The quantitative estimate of drug-likeness (QED) is 0.813. The molecule has 0 radical (unpaired) electrons. The van der Waals surface area contributed by atoms with Gasteiger partial charge in [0.05, 0.1) is 12.5 Å². The Kier molecular flexibility index (Phi) is 4.32. The van der Waals surface area contributed by atoms with Gasteiger partial charge in [-0.25, -0.2) is 4.98 Å². The number of esters is 1. The maximum absolute atomic E-state index is 12.7. The van der Waals surface area contributed by atoms with Gasteiger partial charge in [0.1, 0.15) is 11.3 Å². The van der Waals surface area contributed by atoms with Gasteiger partial charge >= 0.3 is 5.97 Å². The molecule has 1 atom stereocenters. The molecule has 1 aliphatic rings. The monoisotopic (exact) mass is 315 g/mol. The Morgan fingerprint density at radius 2 is 2.26 bits per heavy atom. The van der Waals surface area contributed by atoms with E-state index < -0.39 is 0 Å². The number of ether oxygens (including phenoxy) is 1. The van der Waals surface area contributed by atoms with E-state index in [-0.39, 0.29) is 17.8 Å². The number of nitrogens with zero attached hydrogens (tertiary/aromatic N) is 3. The van der Waals surface area contributed by atoms with Crippen molar-refractivity contribution < 1.29 is 14.3 Å². The maximum Gasteiger partial charge on any atom is 0.310 e. The summed E-state index contributed by atoms with van der Waals surface area (Å²) in [5, 5.41) is 0. The molecule has 0 spiro atoms. The average molecular weight is 315 g/mol. The lowest BCUT2D eigenvalue weighted by Gasteiger charge is -2.31. The molecular formula is C17H21N3O3. The van der Waals surface area contributed by atoms with Crippen LogP contribution >= 0.6 is 0 Å². The first-order valence-corrected chi connectivity index (χ1v) is 7.99. The van der Waals surface area contributed by atoms with Gasteiger partial charge in [-0.2, -0.15) is 0 Å². The van der Waals surface area contributed by atoms with Crippen molar-refractivity contribution in [2.24, 2.45) is 5.92 Å². The summed E-state index contributed by atoms with van der Waals surface area (Å²) < 4.78 is 6.92. The summed E-state index contributed by atoms with van der Waals surface area (Å²) in [7, 11) is 0. The van der Waals surface area contributed by atoms with Crippen LogP contribution in [0.1, 0.15) is 35.8 Å². The Bertz CT molecular complexity index is 738. The summed E-state index contributed by atoms with van der Waals surface area (Å²) in [4.78, 5) is 30.7. The summed E-state index contributed by atoms with van der Waals surface area (Å²) in [6.07, 6.45) is 5.21. The number of piperidine rings is 1. The van der Waals surface area contributed by atoms with Crippen molar-refractivity contribution in [2.45, 2.75) is 26.7 Å². The van der Waals surface area contributed by atoms with Gasteiger partial charge in [0.2, 0.25) is 0 Å². The summed E-state index contributed by atoms with van der Waals surface area (Å²) in [6, 6.07) is 3.91. The Hall–Kier alpha value is -2.37. The Morgan fingerprint density at radius 1 is 1.43 bits per heavy atom. The van der Waals surface area contributed by atoms with Crippen molar-refractivity contribution in [3.8, 4) is 0 Å². The van der Waals surface area contributed by atoms with Crippen LogP contribution in [0.4, 0.5) is 0 Å². The van der Waals surface area contributed by atoms with E-state index in [1.807, 2.05) is 29.7 Å². The van der Waals surface area contributed by atoms with Crippen LogP contribution in [0.15, 0.2) is 24.5 Å². The lowest BCUT2D eigenvalue weighted by Crippen LogP contribution is -2.42. The van der Waals surface area contributed by atoms with Crippen LogP contribution in [-0.2, 0) is 9.53 Å². The molecule has 0 saturated carbocycles. The largest absolute Gasteiger partial charge is 0.466 e. The number of amides is 1. The van der Waals surface area contributed by atoms with Crippen LogP contribution in [-0.4, -0.2) is 45.9 Å². The molecule has 2 aromatic rings. The fraction of sp³-hybridized carbons (Fsp3) is 0.471. The van der Waals surface area contributed by atoms with Crippen molar-refractivity contribution in [1.82, 2.24) is 14.3 Å². The second-order valence-electron chi connectivity index (χ2n) is 5.94. The number of carbonyl (C=O) groups is 2. The normalized spacial score (nSPS) is 18.2. The predicted molar refractivity (Wildman–Crippen MR) is 85.2 cm³/mol. The summed E-state index contributed by atoms with van der Waals surface area (Å²) >= 11 is 0. The number of hydrogen-bond acceptors (Lipinski definition) is 4. The molecule has 0 aliphatic carbocycles. The van der Waals surface area contributed by atoms with Crippen LogP contribution in [0.25, 0.3) is 5.65 Å². The molecule has 3 rings (SSSR count). The van der Waals surface area contributed by atoms with E-state index in [1.54, 1.807) is 18.0 Å². The van der Waals surface area contributed by atoms with Gasteiger partial charge in [0, 0.05) is 25.5 Å². The number of aromatic nitrogens is 2. The number of pyridine rings is 1. The fourth-order valence-electron chi connectivity index (χ4n) is 2.96. The van der Waals surface area contributed by atoms with Gasteiger partial charge in [-0.1, -0.05) is 0 Å². The third kappa shape index (κ3) is 3.21. The smallest absolute Gasteiger partial charge is 0.310 e. The summed E-state index contributed by atoms with van der Waals surface area (Å²) in [5.74, 6) is -0.567. The van der Waals surface area contributed by atoms with E-state index in [4.69, 9.17) is 4.74 Å². The van der Waals surface area contributed by atoms with E-state index in [0.29, 0.717) is 25.4 Å². The molecule has 2 aromatic heterocycles. The van der Waals surface area contributed by atoms with E-state index in [9.17, 15) is 9.59 Å². The zero-order valence-corrected chi connectivity index (χ0v) is 13.5. The third-order valence-corrected chi connectivity index (χ3v) is 4.16. The molecule has 1 fully saturated rings. The average Bonchev–Trinajstić information content (AvgIpc) is 2.97. The number of rotatable bonds is 3. The van der Waals surface area contributed by atoms with Gasteiger partial charge in [-0.15, -0.1) is 0 Å². The van der Waals surface area contributed by atoms with E-state index in [1.165, 1.54) is 0 Å². The van der Waals surface area contributed by atoms with Gasteiger partial charge in [-0.3, -0.25) is 9.59 Å². The Labute approximate surface area is 135 Å². The highest BCUT2D eigenvalue weighted by molar-refractivity contribution is 5.93. The van der Waals surface area contributed by atoms with Crippen molar-refractivity contribution >= 4 is 17.5 Å². The molecule has 3 heterocycles. The topological polar surface area (TPSA) is 63.9 Å². The van der Waals surface area contributed by atoms with E-state index in [2.05, 4.69) is 4.98 Å². The molecule has 6 heteroatoms. The molecule has 0 aromatic carbocycles. The van der Waals surface area contributed by atoms with Gasteiger partial charge < -0.3 is 14.0 Å². The number of carbonyl (C=O) groups excluding carboxylic acids is 2. The highest BCUT2D eigenvalue weighted by Gasteiger charge is 2.30. The zero-order valence-electron chi connectivity index (χ0n) is 13.5. The highest BCUT2D eigenvalue weighted by atomic mass is 16.5. The molecular weight excluding hydrogens is 294 g/mol. The van der Waals surface area contributed by atoms with E-state index in [0.717, 1.165) is 24.1 Å². The minimum Gasteiger partial charge on any atom is -0.466 e. The van der Waals surface area contributed by atoms with Gasteiger partial charge in [-0.05, 0) is 44.4 Å². The third-order valence-electron chi connectivity index (χ3n) is 4.16. The van der Waals surface area contributed by atoms with Crippen molar-refractivity contribution in [2.75, 3.05) is 19.7 Å². The first kappa shape index (κ1) is 15.5. The predicted octanol–water partition coefficient (Wildman–Crippen LogP) is 2.06. The molecule has 6 nitrogen and oxygen atoms in total. The summed E-state index contributed by atoms with van der Waals surface area (Å²) in [5.41, 5.74) is 2.27. The number of imidazole rings is 1. The molecule has 0 bridgehead atoms. The molecule has 23 heavy (non-hydrogen) atoms. The number of aryl methyl sites for hydroxylation is 1. The van der Waals surface area contributed by atoms with Crippen LogP contribution in [0, 0.1) is 12.8 Å². The van der Waals surface area contributed by atoms with Crippen LogP contribution < -0.4 is 0 Å². The van der Waals surface area contributed by atoms with E-state index >= 15 is 0 Å². The zero-order chi connectivity index (χ0) is 16.4. The molecule has 0 N–H and O–H groups in total. The number of hydrogen-bond donors (Lipinski definition) is 0. The Balaban J connectivity index is 1.77. The summed E-state index contributed by atoms with van der Waals surface area (Å²) in [6.45, 7) is 5.22. The number of fused-ring (bicyclic) bond motifs is 1. The second-order valence-corrected chi connectivity index (χ2v) is 5.94. The Morgan fingerprint density at radius 3 is 3.04 bits per heavy atom. The lowest BCUT2D eigenvalue weighted by molar-refractivity contribution is -0.149. The van der Waals surface area contributed by atoms with Crippen molar-refractivity contribution in [3.63, 3.8) is 0 Å². The van der Waals surface area contributed by atoms with Crippen LogP contribution in [0.5, 0.6) is 0 Å². The van der Waals surface area contributed by atoms with Crippen molar-refractivity contribution in [3.05, 3.63) is 35.8 Å². The van der Waals surface area contributed by atoms with Crippen LogP contribution in [0.2, 0.25) is 0 Å². The molecule has 1 amide bonds. The first-order valence-electron chi connectivity index (χ1n) is 7.99. The molecule has 122 valence electrons. The fourth-order valence-corrected chi connectivity index (χ4v) is 2.96. The molecule has 1 saturated heterocycles.